The minimum Gasteiger partial charge on any atom is -0.493 e. The van der Waals surface area contributed by atoms with E-state index in [9.17, 15) is 14.0 Å². The van der Waals surface area contributed by atoms with Gasteiger partial charge >= 0.3 is 6.03 Å². The molecule has 0 unspecified atom stereocenters. The predicted molar refractivity (Wildman–Crippen MR) is 140 cm³/mol. The van der Waals surface area contributed by atoms with Crippen LogP contribution in [0.1, 0.15) is 38.7 Å². The van der Waals surface area contributed by atoms with Gasteiger partial charge in [-0.15, -0.1) is 0 Å². The Kier molecular flexibility index (Phi) is 8.22. The molecule has 2 fully saturated rings. The molecule has 0 saturated carbocycles. The maximum absolute atomic E-state index is 13.6. The van der Waals surface area contributed by atoms with E-state index >= 15 is 0 Å². The molecular weight excluding hydrogens is 475 g/mol. The van der Waals surface area contributed by atoms with E-state index in [0.717, 1.165) is 12.0 Å². The number of hydrogen-bond donors (Lipinski definition) is 2. The van der Waals surface area contributed by atoms with E-state index in [2.05, 4.69) is 24.5 Å². The second kappa shape index (κ2) is 11.4. The molecule has 2 aromatic carbocycles. The Morgan fingerprint density at radius 2 is 1.89 bits per heavy atom. The lowest BCUT2D eigenvalue weighted by Crippen LogP contribution is -2.60. The second-order valence-corrected chi connectivity index (χ2v) is 9.90. The summed E-state index contributed by atoms with van der Waals surface area (Å²) in [6, 6.07) is 11.2. The Balaban J connectivity index is 1.47. The Hall–Kier alpha value is -3.33. The zero-order valence-corrected chi connectivity index (χ0v) is 22.1. The Labute approximate surface area is 218 Å². The molecule has 2 atom stereocenters. The third-order valence-corrected chi connectivity index (χ3v) is 7.71. The van der Waals surface area contributed by atoms with Crippen molar-refractivity contribution in [3.05, 3.63) is 53.8 Å². The Bertz CT molecular complexity index is 1120. The molecule has 1 spiro atoms. The maximum atomic E-state index is 13.6. The van der Waals surface area contributed by atoms with Gasteiger partial charge in [0.15, 0.2) is 11.5 Å². The summed E-state index contributed by atoms with van der Waals surface area (Å²) < 4.78 is 24.3. The van der Waals surface area contributed by atoms with Gasteiger partial charge in [-0.1, -0.05) is 32.4 Å². The van der Waals surface area contributed by atoms with Gasteiger partial charge in [-0.2, -0.15) is 0 Å². The van der Waals surface area contributed by atoms with Crippen molar-refractivity contribution >= 4 is 17.6 Å². The number of halogens is 1. The maximum Gasteiger partial charge on any atom is 0.321 e. The van der Waals surface area contributed by atoms with Crippen LogP contribution in [0.15, 0.2) is 42.5 Å². The summed E-state index contributed by atoms with van der Waals surface area (Å²) in [4.78, 5) is 30.2. The minimum atomic E-state index is -0.503. The predicted octanol–water partition coefficient (Wildman–Crippen LogP) is 4.26. The van der Waals surface area contributed by atoms with Gasteiger partial charge < -0.3 is 24.6 Å². The van der Waals surface area contributed by atoms with E-state index in [0.29, 0.717) is 56.1 Å². The highest BCUT2D eigenvalue weighted by atomic mass is 19.1. The number of amides is 3. The molecule has 4 rings (SSSR count). The van der Waals surface area contributed by atoms with Crippen LogP contribution in [-0.2, 0) is 11.2 Å². The molecule has 3 amide bonds. The van der Waals surface area contributed by atoms with Gasteiger partial charge in [0.2, 0.25) is 5.91 Å². The quantitative estimate of drug-likeness (QED) is 0.553. The number of methoxy groups -OCH3 is 2. The smallest absolute Gasteiger partial charge is 0.321 e. The number of nitrogens with zero attached hydrogens (tertiary/aromatic N) is 2. The number of anilines is 1. The standard InChI is InChI=1S/C28H37FN4O4/c1-5-19(2)25-26(34)33(14-11-20-9-10-23(36-3)24(17-20)37-4)28(31-25)12-15-32(16-13-28)27(35)30-22-8-6-7-21(29)18-22/h6-10,17-19,25,31H,5,11-16H2,1-4H3,(H,30,35)/t19-,25+/m0/s1. The molecule has 8 nitrogen and oxygen atoms in total. The number of hydrogen-bond acceptors (Lipinski definition) is 5. The first-order valence-electron chi connectivity index (χ1n) is 12.9. The molecule has 2 saturated heterocycles. The Morgan fingerprint density at radius 3 is 2.54 bits per heavy atom. The topological polar surface area (TPSA) is 83.1 Å². The lowest BCUT2D eigenvalue weighted by molar-refractivity contribution is -0.133. The van der Waals surface area contributed by atoms with Gasteiger partial charge in [-0.25, -0.2) is 9.18 Å². The fraction of sp³-hybridized carbons (Fsp3) is 0.500. The van der Waals surface area contributed by atoms with Gasteiger partial charge in [-0.05, 0) is 48.2 Å². The monoisotopic (exact) mass is 512 g/mol. The second-order valence-electron chi connectivity index (χ2n) is 9.90. The van der Waals surface area contributed by atoms with Crippen LogP contribution in [0.5, 0.6) is 11.5 Å². The largest absolute Gasteiger partial charge is 0.493 e. The first-order chi connectivity index (χ1) is 17.8. The number of carbonyl (C=O) groups excluding carboxylic acids is 2. The molecule has 2 aliphatic heterocycles. The molecular formula is C28H37FN4O4. The van der Waals surface area contributed by atoms with E-state index in [4.69, 9.17) is 9.47 Å². The van der Waals surface area contributed by atoms with Crippen LogP contribution in [0.4, 0.5) is 14.9 Å². The summed E-state index contributed by atoms with van der Waals surface area (Å²) in [5.41, 5.74) is 0.976. The van der Waals surface area contributed by atoms with E-state index in [1.165, 1.54) is 12.1 Å². The molecule has 37 heavy (non-hydrogen) atoms. The fourth-order valence-electron chi connectivity index (χ4n) is 5.29. The van der Waals surface area contributed by atoms with Gasteiger partial charge in [-0.3, -0.25) is 10.1 Å². The highest BCUT2D eigenvalue weighted by molar-refractivity contribution is 5.89. The molecule has 9 heteroatoms. The summed E-state index contributed by atoms with van der Waals surface area (Å²) in [5.74, 6) is 1.25. The number of rotatable bonds is 8. The van der Waals surface area contributed by atoms with Crippen molar-refractivity contribution in [3.8, 4) is 11.5 Å². The fourth-order valence-corrected chi connectivity index (χ4v) is 5.29. The van der Waals surface area contributed by atoms with Crippen molar-refractivity contribution in [3.63, 3.8) is 0 Å². The van der Waals surface area contributed by atoms with Crippen LogP contribution in [-0.4, -0.2) is 67.3 Å². The number of benzene rings is 2. The SMILES string of the molecule is CC[C@H](C)[C@H]1NC2(CCN(C(=O)Nc3cccc(F)c3)CC2)N(CCc2ccc(OC)c(OC)c2)C1=O. The molecule has 0 aromatic heterocycles. The first kappa shape index (κ1) is 26.7. The molecule has 2 aliphatic rings. The van der Waals surface area contributed by atoms with E-state index in [-0.39, 0.29) is 23.9 Å². The van der Waals surface area contributed by atoms with Gasteiger partial charge in [0, 0.05) is 38.2 Å². The van der Waals surface area contributed by atoms with Gasteiger partial charge in [0.1, 0.15) is 5.82 Å². The average molecular weight is 513 g/mol. The normalized spacial score (nSPS) is 19.7. The van der Waals surface area contributed by atoms with Crippen LogP contribution < -0.4 is 20.1 Å². The van der Waals surface area contributed by atoms with Crippen molar-refractivity contribution in [1.29, 1.82) is 0 Å². The van der Waals surface area contributed by atoms with Crippen LogP contribution in [0.2, 0.25) is 0 Å². The third kappa shape index (κ3) is 5.66. The van der Waals surface area contributed by atoms with Crippen LogP contribution >= 0.6 is 0 Å². The van der Waals surface area contributed by atoms with Crippen LogP contribution in [0.3, 0.4) is 0 Å². The summed E-state index contributed by atoms with van der Waals surface area (Å²) in [6.07, 6.45) is 2.81. The van der Waals surface area contributed by atoms with Gasteiger partial charge in [0.25, 0.3) is 0 Å². The molecule has 200 valence electrons. The number of carbonyl (C=O) groups is 2. The van der Waals surface area contributed by atoms with Crippen LogP contribution in [0.25, 0.3) is 0 Å². The van der Waals surface area contributed by atoms with Crippen molar-refractivity contribution in [2.75, 3.05) is 39.2 Å². The van der Waals surface area contributed by atoms with E-state index in [1.54, 1.807) is 31.3 Å². The number of ether oxygens (including phenoxy) is 2. The van der Waals surface area contributed by atoms with Crippen molar-refractivity contribution < 1.29 is 23.5 Å². The highest BCUT2D eigenvalue weighted by Gasteiger charge is 2.52. The summed E-state index contributed by atoms with van der Waals surface area (Å²) >= 11 is 0. The zero-order chi connectivity index (χ0) is 26.6. The average Bonchev–Trinajstić information content (AvgIpc) is 3.17. The molecule has 2 N–H and O–H groups in total. The summed E-state index contributed by atoms with van der Waals surface area (Å²) in [7, 11) is 3.22. The van der Waals surface area contributed by atoms with E-state index < -0.39 is 11.5 Å². The molecule has 2 heterocycles. The van der Waals surface area contributed by atoms with Crippen molar-refractivity contribution in [2.45, 2.75) is 51.2 Å². The Morgan fingerprint density at radius 1 is 1.16 bits per heavy atom. The van der Waals surface area contributed by atoms with Crippen molar-refractivity contribution in [1.82, 2.24) is 15.1 Å². The third-order valence-electron chi connectivity index (χ3n) is 7.71. The van der Waals surface area contributed by atoms with Crippen molar-refractivity contribution in [2.24, 2.45) is 5.92 Å². The molecule has 0 aliphatic carbocycles. The lowest BCUT2D eigenvalue weighted by atomic mass is 9.95. The molecule has 2 aromatic rings. The highest BCUT2D eigenvalue weighted by Crippen LogP contribution is 2.36. The molecule has 0 bridgehead atoms. The van der Waals surface area contributed by atoms with Gasteiger partial charge in [0.05, 0.1) is 25.9 Å². The number of piperidine rings is 1. The number of urea groups is 1. The van der Waals surface area contributed by atoms with Crippen LogP contribution in [0, 0.1) is 11.7 Å². The zero-order valence-electron chi connectivity index (χ0n) is 22.1. The first-order valence-corrected chi connectivity index (χ1v) is 12.9. The van der Waals surface area contributed by atoms with E-state index in [1.807, 2.05) is 23.1 Å². The summed E-state index contributed by atoms with van der Waals surface area (Å²) in [5, 5.41) is 6.45. The number of nitrogens with one attached hydrogen (secondary N) is 2. The minimum absolute atomic E-state index is 0.118. The lowest BCUT2D eigenvalue weighted by Gasteiger charge is -2.44. The molecule has 0 radical (unpaired) electrons. The number of likely N-dealkylation sites (tertiary alicyclic amines) is 1. The summed E-state index contributed by atoms with van der Waals surface area (Å²) in [6.45, 7) is 5.73.